The number of hydrogen-bond donors (Lipinski definition) is 2. The first kappa shape index (κ1) is 25.7. The smallest absolute Gasteiger partial charge is 0.407 e. The van der Waals surface area contributed by atoms with E-state index in [1.54, 1.807) is 7.11 Å². The van der Waals surface area contributed by atoms with Crippen molar-refractivity contribution in [1.82, 2.24) is 20.3 Å². The number of nitrogens with one attached hydrogen (secondary N) is 2. The van der Waals surface area contributed by atoms with Crippen LogP contribution >= 0.6 is 0 Å². The number of ether oxygens (including phenoxy) is 2. The number of pyridine rings is 1. The third kappa shape index (κ3) is 6.22. The molecule has 1 aliphatic carbocycles. The predicted molar refractivity (Wildman–Crippen MR) is 142 cm³/mol. The molecule has 1 aromatic carbocycles. The topological polar surface area (TPSA) is 98.3 Å². The number of carbonyl (C=O) groups excluding carboxylic acids is 1. The van der Waals surface area contributed by atoms with Gasteiger partial charge in [-0.05, 0) is 95.2 Å². The van der Waals surface area contributed by atoms with E-state index in [1.807, 2.05) is 46.0 Å². The van der Waals surface area contributed by atoms with Crippen LogP contribution in [0.25, 0.3) is 22.0 Å². The molecule has 2 heterocycles. The summed E-state index contributed by atoms with van der Waals surface area (Å²) < 4.78 is 10.9. The molecule has 36 heavy (non-hydrogen) atoms. The number of nitrogens with zero attached hydrogens (tertiary/aromatic N) is 3. The van der Waals surface area contributed by atoms with Crippen LogP contribution in [0.5, 0.6) is 5.88 Å². The average Bonchev–Trinajstić information content (AvgIpc) is 2.83. The summed E-state index contributed by atoms with van der Waals surface area (Å²) in [6, 6.07) is 8.71. The molecule has 0 radical (unpaired) electrons. The lowest BCUT2D eigenvalue weighted by molar-refractivity contribution is 0.0492. The van der Waals surface area contributed by atoms with E-state index in [4.69, 9.17) is 14.5 Å². The number of alkyl carbamates (subject to hydrolysis) is 1. The molecule has 2 aromatic heterocycles. The second-order valence-electron chi connectivity index (χ2n) is 10.5. The Kier molecular flexibility index (Phi) is 7.62. The lowest BCUT2D eigenvalue weighted by Gasteiger charge is -2.30. The lowest BCUT2D eigenvalue weighted by atomic mass is 9.91. The molecule has 8 nitrogen and oxygen atoms in total. The van der Waals surface area contributed by atoms with E-state index in [0.717, 1.165) is 65.4 Å². The van der Waals surface area contributed by atoms with Crippen molar-refractivity contribution in [2.24, 2.45) is 0 Å². The van der Waals surface area contributed by atoms with Gasteiger partial charge in [0.25, 0.3) is 0 Å². The van der Waals surface area contributed by atoms with E-state index in [2.05, 4.69) is 39.7 Å². The third-order valence-corrected chi connectivity index (χ3v) is 6.43. The van der Waals surface area contributed by atoms with Gasteiger partial charge in [0.15, 0.2) is 0 Å². The number of aromatic nitrogens is 3. The number of methoxy groups -OCH3 is 1. The number of aryl methyl sites for hydroxylation is 2. The summed E-state index contributed by atoms with van der Waals surface area (Å²) >= 11 is 0. The van der Waals surface area contributed by atoms with Gasteiger partial charge in [0.05, 0.1) is 12.6 Å². The maximum atomic E-state index is 12.1. The van der Waals surface area contributed by atoms with E-state index in [-0.39, 0.29) is 18.2 Å². The van der Waals surface area contributed by atoms with Gasteiger partial charge in [-0.3, -0.25) is 0 Å². The Bertz CT molecular complexity index is 1230. The Morgan fingerprint density at radius 2 is 1.81 bits per heavy atom. The highest BCUT2D eigenvalue weighted by atomic mass is 16.6. The van der Waals surface area contributed by atoms with Crippen molar-refractivity contribution in [2.75, 3.05) is 12.4 Å². The van der Waals surface area contributed by atoms with Gasteiger partial charge in [0.2, 0.25) is 11.8 Å². The number of anilines is 1. The molecule has 2 N–H and O–H groups in total. The van der Waals surface area contributed by atoms with Crippen molar-refractivity contribution in [3.05, 3.63) is 41.7 Å². The van der Waals surface area contributed by atoms with Gasteiger partial charge < -0.3 is 20.1 Å². The number of carbonyl (C=O) groups is 1. The Labute approximate surface area is 213 Å². The van der Waals surface area contributed by atoms with E-state index in [0.29, 0.717) is 11.8 Å². The molecule has 0 atom stereocenters. The van der Waals surface area contributed by atoms with Gasteiger partial charge in [-0.25, -0.2) is 19.7 Å². The lowest BCUT2D eigenvalue weighted by Crippen LogP contribution is -2.42. The van der Waals surface area contributed by atoms with Crippen LogP contribution in [0.1, 0.15) is 64.6 Å². The van der Waals surface area contributed by atoms with Crippen LogP contribution in [-0.2, 0) is 11.2 Å². The minimum atomic E-state index is -0.489. The predicted octanol–water partition coefficient (Wildman–Crippen LogP) is 5.82. The fourth-order valence-electron chi connectivity index (χ4n) is 4.66. The first-order chi connectivity index (χ1) is 17.1. The molecule has 4 rings (SSSR count). The van der Waals surface area contributed by atoms with Crippen LogP contribution < -0.4 is 15.4 Å². The third-order valence-electron chi connectivity index (χ3n) is 6.43. The van der Waals surface area contributed by atoms with Crippen LogP contribution in [-0.4, -0.2) is 45.8 Å². The molecule has 3 aromatic rings. The second-order valence-corrected chi connectivity index (χ2v) is 10.5. The van der Waals surface area contributed by atoms with E-state index in [9.17, 15) is 4.79 Å². The van der Waals surface area contributed by atoms with Crippen LogP contribution in [0.3, 0.4) is 0 Å². The maximum absolute atomic E-state index is 12.1. The molecule has 1 fully saturated rings. The largest absolute Gasteiger partial charge is 0.481 e. The van der Waals surface area contributed by atoms with Crippen molar-refractivity contribution in [2.45, 2.75) is 84.4 Å². The molecule has 0 spiro atoms. The molecule has 0 saturated heterocycles. The molecule has 8 heteroatoms. The summed E-state index contributed by atoms with van der Waals surface area (Å²) in [5.74, 6) is 1.26. The molecule has 0 aliphatic heterocycles. The van der Waals surface area contributed by atoms with Gasteiger partial charge in [-0.15, -0.1) is 0 Å². The van der Waals surface area contributed by atoms with Crippen molar-refractivity contribution in [3.63, 3.8) is 0 Å². The normalized spacial score (nSPS) is 18.1. The van der Waals surface area contributed by atoms with E-state index >= 15 is 0 Å². The summed E-state index contributed by atoms with van der Waals surface area (Å²) in [7, 11) is 1.65. The maximum Gasteiger partial charge on any atom is 0.407 e. The Morgan fingerprint density at radius 1 is 1.08 bits per heavy atom. The minimum absolute atomic E-state index is 0.133. The highest BCUT2D eigenvalue weighted by molar-refractivity contribution is 5.88. The van der Waals surface area contributed by atoms with Crippen LogP contribution in [0, 0.1) is 6.92 Å². The van der Waals surface area contributed by atoms with E-state index < -0.39 is 5.60 Å². The standard InChI is InChI=1S/C28H37N5O3/c1-7-18-14-19(23-13-8-17(2)30-25(23)35-6)15-20-16-29-26(33-24(18)20)31-21-9-11-22(12-10-21)32-27(34)36-28(3,4)5/h8,13-16,21-22H,7,9-12H2,1-6H3,(H,32,34)(H,29,31,33). The fraction of sp³-hybridized carbons (Fsp3) is 0.500. The molecule has 1 amide bonds. The number of amides is 1. The Morgan fingerprint density at radius 3 is 2.47 bits per heavy atom. The van der Waals surface area contributed by atoms with E-state index in [1.165, 1.54) is 0 Å². The van der Waals surface area contributed by atoms with Gasteiger partial charge in [0, 0.05) is 34.9 Å². The van der Waals surface area contributed by atoms with Crippen molar-refractivity contribution in [3.8, 4) is 17.0 Å². The van der Waals surface area contributed by atoms with Crippen LogP contribution in [0.2, 0.25) is 0 Å². The van der Waals surface area contributed by atoms with Gasteiger partial charge in [0.1, 0.15) is 5.60 Å². The summed E-state index contributed by atoms with van der Waals surface area (Å²) in [4.78, 5) is 26.1. The second kappa shape index (κ2) is 10.7. The Hall–Kier alpha value is -3.42. The highest BCUT2D eigenvalue weighted by Crippen LogP contribution is 2.33. The zero-order valence-electron chi connectivity index (χ0n) is 22.1. The number of hydrogen-bond acceptors (Lipinski definition) is 7. The van der Waals surface area contributed by atoms with Crippen molar-refractivity contribution >= 4 is 22.9 Å². The number of rotatable bonds is 6. The summed E-state index contributed by atoms with van der Waals surface area (Å²) in [6.45, 7) is 9.71. The van der Waals surface area contributed by atoms with Crippen LogP contribution in [0.15, 0.2) is 30.5 Å². The first-order valence-corrected chi connectivity index (χ1v) is 12.7. The summed E-state index contributed by atoms with van der Waals surface area (Å²) in [6.07, 6.45) is 6.04. The van der Waals surface area contributed by atoms with Gasteiger partial charge >= 0.3 is 6.09 Å². The molecule has 1 aliphatic rings. The quantitative estimate of drug-likeness (QED) is 0.448. The summed E-state index contributed by atoms with van der Waals surface area (Å²) in [5.41, 5.74) is 4.54. The molecule has 0 bridgehead atoms. The molecule has 0 unspecified atom stereocenters. The first-order valence-electron chi connectivity index (χ1n) is 12.7. The average molecular weight is 492 g/mol. The van der Waals surface area contributed by atoms with Gasteiger partial charge in [-0.2, -0.15) is 0 Å². The monoisotopic (exact) mass is 491 g/mol. The fourth-order valence-corrected chi connectivity index (χ4v) is 4.66. The molecule has 192 valence electrons. The van der Waals surface area contributed by atoms with Gasteiger partial charge in [-0.1, -0.05) is 6.92 Å². The number of fused-ring (bicyclic) bond motifs is 1. The minimum Gasteiger partial charge on any atom is -0.481 e. The zero-order chi connectivity index (χ0) is 25.9. The highest BCUT2D eigenvalue weighted by Gasteiger charge is 2.25. The van der Waals surface area contributed by atoms with Crippen molar-refractivity contribution in [1.29, 1.82) is 0 Å². The molecule has 1 saturated carbocycles. The molecular formula is C28H37N5O3. The number of benzene rings is 1. The molecular weight excluding hydrogens is 454 g/mol. The Balaban J connectivity index is 1.46. The van der Waals surface area contributed by atoms with Crippen LogP contribution in [0.4, 0.5) is 10.7 Å². The van der Waals surface area contributed by atoms with Crippen molar-refractivity contribution < 1.29 is 14.3 Å². The SMILES string of the molecule is CCc1cc(-c2ccc(C)nc2OC)cc2cnc(NC3CCC(NC(=O)OC(C)(C)C)CC3)nc12. The summed E-state index contributed by atoms with van der Waals surface area (Å²) in [5, 5.41) is 7.50. The zero-order valence-corrected chi connectivity index (χ0v) is 22.1.